The largest absolute Gasteiger partial charge is 0.465 e. The number of esters is 1. The third-order valence-electron chi connectivity index (χ3n) is 3.45. The van der Waals surface area contributed by atoms with Crippen molar-refractivity contribution in [1.82, 2.24) is 10.2 Å². The van der Waals surface area contributed by atoms with Gasteiger partial charge in [0.25, 0.3) is 0 Å². The van der Waals surface area contributed by atoms with Crippen LogP contribution in [0, 0.1) is 5.92 Å². The van der Waals surface area contributed by atoms with Crippen molar-refractivity contribution < 1.29 is 9.53 Å². The van der Waals surface area contributed by atoms with Crippen molar-refractivity contribution in [2.75, 3.05) is 32.8 Å². The van der Waals surface area contributed by atoms with Gasteiger partial charge in [-0.25, -0.2) is 0 Å². The highest BCUT2D eigenvalue weighted by atomic mass is 16.5. The Morgan fingerprint density at radius 1 is 1.50 bits per heavy atom. The zero-order valence-electron chi connectivity index (χ0n) is 12.1. The summed E-state index contributed by atoms with van der Waals surface area (Å²) in [6.07, 6.45) is 3.18. The second-order valence-electron chi connectivity index (χ2n) is 5.24. The number of carbonyl (C=O) groups is 1. The van der Waals surface area contributed by atoms with Crippen molar-refractivity contribution in [2.24, 2.45) is 5.92 Å². The van der Waals surface area contributed by atoms with Crippen LogP contribution in [0.5, 0.6) is 0 Å². The molecule has 1 aliphatic heterocycles. The van der Waals surface area contributed by atoms with E-state index in [1.807, 2.05) is 6.92 Å². The van der Waals surface area contributed by atoms with Crippen LogP contribution >= 0.6 is 0 Å². The van der Waals surface area contributed by atoms with Gasteiger partial charge < -0.3 is 15.0 Å². The highest BCUT2D eigenvalue weighted by Gasteiger charge is 2.23. The van der Waals surface area contributed by atoms with Gasteiger partial charge in [-0.15, -0.1) is 0 Å². The minimum Gasteiger partial charge on any atom is -0.465 e. The lowest BCUT2D eigenvalue weighted by Gasteiger charge is -2.21. The molecule has 1 rings (SSSR count). The third kappa shape index (κ3) is 5.36. The van der Waals surface area contributed by atoms with Gasteiger partial charge in [-0.05, 0) is 45.2 Å². The number of hydrogen-bond donors (Lipinski definition) is 1. The fourth-order valence-electron chi connectivity index (χ4n) is 2.41. The molecule has 1 fully saturated rings. The predicted octanol–water partition coefficient (Wildman–Crippen LogP) is 1.65. The quantitative estimate of drug-likeness (QED) is 0.671. The van der Waals surface area contributed by atoms with Crippen LogP contribution in [0.3, 0.4) is 0 Å². The number of likely N-dealkylation sites (tertiary alicyclic amines) is 1. The Kier molecular flexibility index (Phi) is 7.28. The van der Waals surface area contributed by atoms with E-state index in [4.69, 9.17) is 4.74 Å². The Balaban J connectivity index is 2.32. The van der Waals surface area contributed by atoms with E-state index in [1.54, 1.807) is 0 Å². The maximum Gasteiger partial charge on any atom is 0.323 e. The normalized spacial score (nSPS) is 22.1. The summed E-state index contributed by atoms with van der Waals surface area (Å²) in [5.74, 6) is 0.702. The van der Waals surface area contributed by atoms with Crippen LogP contribution in [0.4, 0.5) is 0 Å². The SMILES string of the molecule is CCCNC(CCN1CCC(C)C1)C(=O)OCC. The van der Waals surface area contributed by atoms with Crippen LogP contribution in [0.15, 0.2) is 0 Å². The molecule has 1 N–H and O–H groups in total. The van der Waals surface area contributed by atoms with Gasteiger partial charge in [-0.1, -0.05) is 13.8 Å². The fourth-order valence-corrected chi connectivity index (χ4v) is 2.41. The van der Waals surface area contributed by atoms with Gasteiger partial charge in [-0.2, -0.15) is 0 Å². The lowest BCUT2D eigenvalue weighted by Crippen LogP contribution is -2.41. The summed E-state index contributed by atoms with van der Waals surface area (Å²) in [7, 11) is 0. The molecule has 0 spiro atoms. The molecule has 0 saturated carbocycles. The lowest BCUT2D eigenvalue weighted by molar-refractivity contribution is -0.145. The summed E-state index contributed by atoms with van der Waals surface area (Å²) in [6.45, 7) is 10.9. The van der Waals surface area contributed by atoms with Gasteiger partial charge in [0.1, 0.15) is 6.04 Å². The zero-order chi connectivity index (χ0) is 13.4. The Morgan fingerprint density at radius 3 is 2.83 bits per heavy atom. The van der Waals surface area contributed by atoms with Crippen LogP contribution in [0.1, 0.15) is 40.0 Å². The van der Waals surface area contributed by atoms with Crippen molar-refractivity contribution in [2.45, 2.75) is 46.1 Å². The average Bonchev–Trinajstić information content (AvgIpc) is 2.75. The zero-order valence-corrected chi connectivity index (χ0v) is 12.1. The standard InChI is InChI=1S/C14H28N2O2/c1-4-8-15-13(14(17)18-5-2)7-10-16-9-6-12(3)11-16/h12-13,15H,4-11H2,1-3H3. The van der Waals surface area contributed by atoms with Crippen LogP contribution in [-0.2, 0) is 9.53 Å². The Labute approximate surface area is 111 Å². The summed E-state index contributed by atoms with van der Waals surface area (Å²) in [5, 5.41) is 3.29. The Morgan fingerprint density at radius 2 is 2.28 bits per heavy atom. The van der Waals surface area contributed by atoms with Crippen molar-refractivity contribution in [1.29, 1.82) is 0 Å². The first-order valence-electron chi connectivity index (χ1n) is 7.29. The molecule has 0 aromatic carbocycles. The average molecular weight is 256 g/mol. The molecular weight excluding hydrogens is 228 g/mol. The summed E-state index contributed by atoms with van der Waals surface area (Å²) in [6, 6.07) is -0.138. The van der Waals surface area contributed by atoms with E-state index in [-0.39, 0.29) is 12.0 Å². The maximum absolute atomic E-state index is 11.8. The van der Waals surface area contributed by atoms with Crippen molar-refractivity contribution in [3.05, 3.63) is 0 Å². The number of carbonyl (C=O) groups excluding carboxylic acids is 1. The van der Waals surface area contributed by atoms with Gasteiger partial charge in [0, 0.05) is 13.1 Å². The molecule has 1 heterocycles. The molecule has 4 nitrogen and oxygen atoms in total. The van der Waals surface area contributed by atoms with E-state index in [0.29, 0.717) is 6.61 Å². The fraction of sp³-hybridized carbons (Fsp3) is 0.929. The number of rotatable bonds is 8. The molecule has 0 amide bonds. The van der Waals surface area contributed by atoms with E-state index in [0.717, 1.165) is 31.8 Å². The number of nitrogens with zero attached hydrogens (tertiary/aromatic N) is 1. The molecule has 2 unspecified atom stereocenters. The van der Waals surface area contributed by atoms with E-state index >= 15 is 0 Å². The molecular formula is C14H28N2O2. The molecule has 106 valence electrons. The smallest absolute Gasteiger partial charge is 0.323 e. The van der Waals surface area contributed by atoms with Gasteiger partial charge in [0.15, 0.2) is 0 Å². The first-order chi connectivity index (χ1) is 8.67. The first-order valence-corrected chi connectivity index (χ1v) is 7.29. The third-order valence-corrected chi connectivity index (χ3v) is 3.45. The van der Waals surface area contributed by atoms with Crippen LogP contribution in [-0.4, -0.2) is 49.7 Å². The van der Waals surface area contributed by atoms with Crippen LogP contribution in [0.25, 0.3) is 0 Å². The van der Waals surface area contributed by atoms with Crippen molar-refractivity contribution in [3.8, 4) is 0 Å². The summed E-state index contributed by atoms with van der Waals surface area (Å²) < 4.78 is 5.12. The molecule has 4 heteroatoms. The van der Waals surface area contributed by atoms with Crippen LogP contribution in [0.2, 0.25) is 0 Å². The molecule has 1 saturated heterocycles. The number of ether oxygens (including phenoxy) is 1. The molecule has 0 aromatic rings. The van der Waals surface area contributed by atoms with Gasteiger partial charge in [0.05, 0.1) is 6.61 Å². The van der Waals surface area contributed by atoms with Crippen molar-refractivity contribution >= 4 is 5.97 Å². The predicted molar refractivity (Wildman–Crippen MR) is 73.6 cm³/mol. The number of hydrogen-bond acceptors (Lipinski definition) is 4. The van der Waals surface area contributed by atoms with Gasteiger partial charge in [-0.3, -0.25) is 4.79 Å². The van der Waals surface area contributed by atoms with Crippen molar-refractivity contribution in [3.63, 3.8) is 0 Å². The topological polar surface area (TPSA) is 41.6 Å². The molecule has 1 aliphatic rings. The molecule has 18 heavy (non-hydrogen) atoms. The molecule has 0 radical (unpaired) electrons. The molecule has 0 bridgehead atoms. The highest BCUT2D eigenvalue weighted by molar-refractivity contribution is 5.75. The van der Waals surface area contributed by atoms with E-state index < -0.39 is 0 Å². The Hall–Kier alpha value is -0.610. The lowest BCUT2D eigenvalue weighted by atomic mass is 10.2. The number of nitrogens with one attached hydrogen (secondary N) is 1. The summed E-state index contributed by atoms with van der Waals surface area (Å²) >= 11 is 0. The van der Waals surface area contributed by atoms with Gasteiger partial charge >= 0.3 is 5.97 Å². The molecule has 0 aromatic heterocycles. The van der Waals surface area contributed by atoms with E-state index in [9.17, 15) is 4.79 Å². The van der Waals surface area contributed by atoms with E-state index in [1.165, 1.54) is 19.5 Å². The monoisotopic (exact) mass is 256 g/mol. The second-order valence-corrected chi connectivity index (χ2v) is 5.24. The maximum atomic E-state index is 11.8. The molecule has 0 aliphatic carbocycles. The second kappa shape index (κ2) is 8.48. The summed E-state index contributed by atoms with van der Waals surface area (Å²) in [5.41, 5.74) is 0. The highest BCUT2D eigenvalue weighted by Crippen LogP contribution is 2.15. The van der Waals surface area contributed by atoms with Crippen LogP contribution < -0.4 is 5.32 Å². The first kappa shape index (κ1) is 15.4. The minimum absolute atomic E-state index is 0.0989. The molecule has 2 atom stereocenters. The van der Waals surface area contributed by atoms with E-state index in [2.05, 4.69) is 24.1 Å². The Bertz CT molecular complexity index is 246. The van der Waals surface area contributed by atoms with Gasteiger partial charge in [0.2, 0.25) is 0 Å². The summed E-state index contributed by atoms with van der Waals surface area (Å²) in [4.78, 5) is 14.3. The minimum atomic E-state index is -0.138.